The van der Waals surface area contributed by atoms with Gasteiger partial charge in [-0.2, -0.15) is 0 Å². The van der Waals surface area contributed by atoms with E-state index in [0.29, 0.717) is 15.8 Å². The highest BCUT2D eigenvalue weighted by Crippen LogP contribution is 2.23. The van der Waals surface area contributed by atoms with Gasteiger partial charge in [-0.15, -0.1) is 11.3 Å². The average molecular weight is 416 g/mol. The Morgan fingerprint density at radius 2 is 2.11 bits per heavy atom. The van der Waals surface area contributed by atoms with Crippen LogP contribution in [0, 0.1) is 0 Å². The summed E-state index contributed by atoms with van der Waals surface area (Å²) in [6, 6.07) is 7.11. The van der Waals surface area contributed by atoms with Crippen LogP contribution in [0.4, 0.5) is 11.5 Å². The summed E-state index contributed by atoms with van der Waals surface area (Å²) in [6.07, 6.45) is 3.61. The Bertz CT molecular complexity index is 1020. The fourth-order valence-electron chi connectivity index (χ4n) is 2.17. The fourth-order valence-corrected chi connectivity index (χ4v) is 3.58. The van der Waals surface area contributed by atoms with Crippen LogP contribution in [-0.2, 0) is 10.5 Å². The predicted molar refractivity (Wildman–Crippen MR) is 110 cm³/mol. The number of hydrogen-bond donors (Lipinski definition) is 3. The molecule has 0 aliphatic rings. The van der Waals surface area contributed by atoms with Gasteiger partial charge in [0.15, 0.2) is 16.7 Å². The quantitative estimate of drug-likeness (QED) is 0.403. The number of rotatable bonds is 7. The minimum absolute atomic E-state index is 0.0224. The Morgan fingerprint density at radius 1 is 1.25 bits per heavy atom. The maximum absolute atomic E-state index is 12.6. The topological polar surface area (TPSA) is 117 Å². The van der Waals surface area contributed by atoms with Crippen molar-refractivity contribution < 1.29 is 9.59 Å². The second-order valence-electron chi connectivity index (χ2n) is 5.58. The monoisotopic (exact) mass is 415 g/mol. The van der Waals surface area contributed by atoms with E-state index in [-0.39, 0.29) is 23.8 Å². The molecule has 3 N–H and O–H groups in total. The molecule has 2 amide bonds. The van der Waals surface area contributed by atoms with Crippen molar-refractivity contribution in [3.8, 4) is 0 Å². The molecule has 0 aliphatic heterocycles. The number of amides is 2. The second kappa shape index (κ2) is 9.29. The molecule has 0 aliphatic carbocycles. The summed E-state index contributed by atoms with van der Waals surface area (Å²) in [5.74, 6) is -0.189. The highest BCUT2D eigenvalue weighted by molar-refractivity contribution is 7.98. The first-order chi connectivity index (χ1) is 13.6. The van der Waals surface area contributed by atoms with Crippen LogP contribution in [0.2, 0.25) is 0 Å². The first kappa shape index (κ1) is 19.8. The van der Waals surface area contributed by atoms with Gasteiger partial charge in [0.05, 0.1) is 4.88 Å². The molecule has 0 bridgehead atoms. The normalized spacial score (nSPS) is 10.5. The lowest BCUT2D eigenvalue weighted by molar-refractivity contribution is -0.115. The Labute approximate surface area is 168 Å². The summed E-state index contributed by atoms with van der Waals surface area (Å²) in [7, 11) is 0. The number of aromatic nitrogens is 3. The zero-order chi connectivity index (χ0) is 19.9. The number of aromatic amines is 1. The van der Waals surface area contributed by atoms with Gasteiger partial charge in [0.25, 0.3) is 11.5 Å². The zero-order valence-electron chi connectivity index (χ0n) is 14.9. The molecule has 3 heterocycles. The molecule has 0 saturated carbocycles. The number of thioether (sulfide) groups is 1. The number of carbonyl (C=O) groups is 2. The second-order valence-corrected chi connectivity index (χ2v) is 7.49. The molecule has 0 spiro atoms. The van der Waals surface area contributed by atoms with Crippen molar-refractivity contribution in [2.75, 3.05) is 10.6 Å². The molecule has 3 aromatic rings. The number of nitrogens with zero attached hydrogens (tertiary/aromatic N) is 2. The third kappa shape index (κ3) is 5.05. The lowest BCUT2D eigenvalue weighted by Crippen LogP contribution is -2.24. The number of pyridine rings is 1. The summed E-state index contributed by atoms with van der Waals surface area (Å²) in [6.45, 7) is 1.68. The summed E-state index contributed by atoms with van der Waals surface area (Å²) >= 11 is 2.54. The largest absolute Gasteiger partial charge is 0.314 e. The van der Waals surface area contributed by atoms with Crippen LogP contribution in [0.15, 0.2) is 52.0 Å². The number of nitrogens with one attached hydrogen (secondary N) is 3. The minimum atomic E-state index is -0.542. The van der Waals surface area contributed by atoms with E-state index in [4.69, 9.17) is 0 Å². The number of hydrogen-bond acceptors (Lipinski definition) is 7. The summed E-state index contributed by atoms with van der Waals surface area (Å²) in [5, 5.41) is 7.21. The van der Waals surface area contributed by atoms with Gasteiger partial charge < -0.3 is 10.6 Å². The number of carbonyl (C=O) groups excluding carboxylic acids is 2. The van der Waals surface area contributed by atoms with Gasteiger partial charge in [-0.25, -0.2) is 4.98 Å². The Hall–Kier alpha value is -2.98. The molecule has 28 heavy (non-hydrogen) atoms. The number of anilines is 2. The Kier molecular flexibility index (Phi) is 6.56. The maximum Gasteiger partial charge on any atom is 0.277 e. The van der Waals surface area contributed by atoms with Crippen LogP contribution in [0.1, 0.15) is 28.6 Å². The van der Waals surface area contributed by atoms with E-state index >= 15 is 0 Å². The Morgan fingerprint density at radius 3 is 2.79 bits per heavy atom. The average Bonchev–Trinajstić information content (AvgIpc) is 3.24. The van der Waals surface area contributed by atoms with Gasteiger partial charge >= 0.3 is 0 Å². The van der Waals surface area contributed by atoms with Crippen LogP contribution < -0.4 is 16.2 Å². The summed E-state index contributed by atoms with van der Waals surface area (Å²) < 4.78 is 0. The van der Waals surface area contributed by atoms with Crippen molar-refractivity contribution >= 4 is 46.4 Å². The minimum Gasteiger partial charge on any atom is -0.314 e. The third-order valence-electron chi connectivity index (χ3n) is 3.56. The Balaban J connectivity index is 1.86. The molecule has 0 radical (unpaired) electrons. The predicted octanol–water partition coefficient (Wildman–Crippen LogP) is 3.12. The van der Waals surface area contributed by atoms with E-state index in [1.807, 2.05) is 12.1 Å². The lowest BCUT2D eigenvalue weighted by atomic mass is 10.3. The molecule has 3 aromatic heterocycles. The van der Waals surface area contributed by atoms with Crippen LogP contribution in [0.25, 0.3) is 0 Å². The van der Waals surface area contributed by atoms with Crippen molar-refractivity contribution in [1.29, 1.82) is 0 Å². The standard InChI is InChI=1S/C18H17N5O3S2/c1-2-13(24)20-15-14(21-16(25)12-6-4-8-27-12)17(26)23-18(22-15)28-10-11-5-3-7-19-9-11/h3-9H,2,10H2,1H3,(H,21,25)(H2,20,22,23,24,26). The van der Waals surface area contributed by atoms with E-state index in [9.17, 15) is 14.4 Å². The van der Waals surface area contributed by atoms with Crippen molar-refractivity contribution in [2.45, 2.75) is 24.3 Å². The fraction of sp³-hybridized carbons (Fsp3) is 0.167. The number of H-pyrrole nitrogens is 1. The van der Waals surface area contributed by atoms with Gasteiger partial charge in [-0.05, 0) is 23.1 Å². The van der Waals surface area contributed by atoms with Crippen LogP contribution in [0.3, 0.4) is 0 Å². The lowest BCUT2D eigenvalue weighted by Gasteiger charge is -2.11. The molecule has 0 saturated heterocycles. The van der Waals surface area contributed by atoms with Crippen molar-refractivity contribution in [3.05, 3.63) is 62.8 Å². The molecule has 144 valence electrons. The van der Waals surface area contributed by atoms with Crippen molar-refractivity contribution in [1.82, 2.24) is 15.0 Å². The van der Waals surface area contributed by atoms with Gasteiger partial charge in [-0.3, -0.25) is 24.4 Å². The van der Waals surface area contributed by atoms with Gasteiger partial charge in [0.1, 0.15) is 0 Å². The van der Waals surface area contributed by atoms with Crippen LogP contribution in [-0.4, -0.2) is 26.8 Å². The number of thiophene rings is 1. The molecule has 0 atom stereocenters. The zero-order valence-corrected chi connectivity index (χ0v) is 16.5. The van der Waals surface area contributed by atoms with E-state index < -0.39 is 11.5 Å². The molecule has 0 unspecified atom stereocenters. The van der Waals surface area contributed by atoms with E-state index in [2.05, 4.69) is 25.6 Å². The van der Waals surface area contributed by atoms with E-state index in [0.717, 1.165) is 5.56 Å². The van der Waals surface area contributed by atoms with Crippen LogP contribution in [0.5, 0.6) is 0 Å². The van der Waals surface area contributed by atoms with Gasteiger partial charge in [0, 0.05) is 24.6 Å². The van der Waals surface area contributed by atoms with Gasteiger partial charge in [0.2, 0.25) is 5.91 Å². The molecule has 3 rings (SSSR count). The van der Waals surface area contributed by atoms with Crippen LogP contribution >= 0.6 is 23.1 Å². The summed E-state index contributed by atoms with van der Waals surface area (Å²) in [4.78, 5) is 48.2. The molecule has 8 nitrogen and oxygen atoms in total. The summed E-state index contributed by atoms with van der Waals surface area (Å²) in [5.41, 5.74) is 0.329. The molecule has 10 heteroatoms. The van der Waals surface area contributed by atoms with Gasteiger partial charge in [-0.1, -0.05) is 30.8 Å². The van der Waals surface area contributed by atoms with E-state index in [1.165, 1.54) is 23.1 Å². The van der Waals surface area contributed by atoms with Crippen molar-refractivity contribution in [3.63, 3.8) is 0 Å². The highest BCUT2D eigenvalue weighted by atomic mass is 32.2. The first-order valence-corrected chi connectivity index (χ1v) is 10.2. The highest BCUT2D eigenvalue weighted by Gasteiger charge is 2.18. The molecule has 0 aromatic carbocycles. The molecular weight excluding hydrogens is 398 g/mol. The SMILES string of the molecule is CCC(=O)Nc1nc(SCc2cccnc2)[nH]c(=O)c1NC(=O)c1cccs1. The smallest absolute Gasteiger partial charge is 0.277 e. The first-order valence-electron chi connectivity index (χ1n) is 8.37. The molecular formula is C18H17N5O3S2. The maximum atomic E-state index is 12.6. The van der Waals surface area contributed by atoms with Crippen molar-refractivity contribution in [2.24, 2.45) is 0 Å². The molecule has 0 fully saturated rings. The third-order valence-corrected chi connectivity index (χ3v) is 5.37. The van der Waals surface area contributed by atoms with E-state index in [1.54, 1.807) is 36.8 Å².